The van der Waals surface area contributed by atoms with E-state index in [1.807, 2.05) is 19.9 Å². The van der Waals surface area contributed by atoms with Crippen molar-refractivity contribution in [3.05, 3.63) is 64.2 Å². The van der Waals surface area contributed by atoms with E-state index in [2.05, 4.69) is 0 Å². The Morgan fingerprint density at radius 2 is 1.81 bits per heavy atom. The molecular formula is C23H22F4O4. The number of hydrogen-bond acceptors (Lipinski definition) is 4. The molecule has 0 fully saturated rings. The summed E-state index contributed by atoms with van der Waals surface area (Å²) in [5, 5.41) is 0.0214. The van der Waals surface area contributed by atoms with Gasteiger partial charge in [0.15, 0.2) is 0 Å². The van der Waals surface area contributed by atoms with Crippen LogP contribution in [0.15, 0.2) is 34.7 Å². The molecule has 0 amide bonds. The highest BCUT2D eigenvalue weighted by Crippen LogP contribution is 2.36. The minimum atomic E-state index is -4.67. The van der Waals surface area contributed by atoms with Crippen LogP contribution in [0.5, 0.6) is 5.75 Å². The fraction of sp³-hybridized carbons (Fsp3) is 0.348. The van der Waals surface area contributed by atoms with Gasteiger partial charge in [-0.3, -0.25) is 4.79 Å². The first-order valence-electron chi connectivity index (χ1n) is 9.76. The van der Waals surface area contributed by atoms with Gasteiger partial charge in [-0.15, -0.1) is 0 Å². The molecule has 0 aliphatic carbocycles. The molecule has 0 saturated carbocycles. The first kappa shape index (κ1) is 22.7. The molecule has 0 spiro atoms. The fourth-order valence-electron chi connectivity index (χ4n) is 3.34. The number of hydrogen-bond donors (Lipinski definition) is 0. The van der Waals surface area contributed by atoms with E-state index < -0.39 is 17.8 Å². The van der Waals surface area contributed by atoms with E-state index in [9.17, 15) is 22.4 Å². The predicted octanol–water partition coefficient (Wildman–Crippen LogP) is 6.28. The van der Waals surface area contributed by atoms with Crippen molar-refractivity contribution in [2.45, 2.75) is 46.4 Å². The lowest BCUT2D eigenvalue weighted by Crippen LogP contribution is -2.06. The minimum Gasteiger partial charge on any atom is -0.488 e. The van der Waals surface area contributed by atoms with Crippen molar-refractivity contribution in [2.75, 3.05) is 6.61 Å². The molecule has 3 rings (SSSR count). The Morgan fingerprint density at radius 3 is 2.48 bits per heavy atom. The zero-order valence-electron chi connectivity index (χ0n) is 17.4. The van der Waals surface area contributed by atoms with Gasteiger partial charge in [-0.2, -0.15) is 13.2 Å². The minimum absolute atomic E-state index is 0.0214. The van der Waals surface area contributed by atoms with E-state index in [1.54, 1.807) is 13.0 Å². The standard InChI is InChI=1S/C23H22F4O4/c1-4-29-21(28)8-6-15-5-7-19(14(3)13(15)2)30-12-17-10-18(24)9-16-11-20(23(25,26)27)31-22(16)17/h5,7,9-11H,4,6,8,12H2,1-3H3. The smallest absolute Gasteiger partial charge is 0.449 e. The lowest BCUT2D eigenvalue weighted by Gasteiger charge is -2.15. The zero-order valence-corrected chi connectivity index (χ0v) is 17.4. The van der Waals surface area contributed by atoms with Gasteiger partial charge >= 0.3 is 12.1 Å². The van der Waals surface area contributed by atoms with Crippen molar-refractivity contribution in [1.29, 1.82) is 0 Å². The van der Waals surface area contributed by atoms with Gasteiger partial charge in [-0.1, -0.05) is 6.07 Å². The summed E-state index contributed by atoms with van der Waals surface area (Å²) in [6, 6.07) is 6.41. The first-order valence-corrected chi connectivity index (χ1v) is 9.76. The molecule has 0 aliphatic rings. The summed E-state index contributed by atoms with van der Waals surface area (Å²) >= 11 is 0. The molecule has 0 N–H and O–H groups in total. The van der Waals surface area contributed by atoms with Gasteiger partial charge in [0.1, 0.15) is 23.8 Å². The molecule has 31 heavy (non-hydrogen) atoms. The maximum Gasteiger partial charge on any atom is 0.449 e. The summed E-state index contributed by atoms with van der Waals surface area (Å²) < 4.78 is 68.4. The number of furan rings is 1. The molecule has 0 bridgehead atoms. The number of rotatable bonds is 7. The molecule has 0 atom stereocenters. The Hall–Kier alpha value is -3.03. The number of benzene rings is 2. The highest BCUT2D eigenvalue weighted by Gasteiger charge is 2.35. The molecule has 1 heterocycles. The Morgan fingerprint density at radius 1 is 1.06 bits per heavy atom. The van der Waals surface area contributed by atoms with Gasteiger partial charge in [0.2, 0.25) is 5.76 Å². The van der Waals surface area contributed by atoms with Gasteiger partial charge in [-0.05, 0) is 68.1 Å². The monoisotopic (exact) mass is 438 g/mol. The number of alkyl halides is 3. The third kappa shape index (κ3) is 5.18. The summed E-state index contributed by atoms with van der Waals surface area (Å²) in [5.41, 5.74) is 2.84. The van der Waals surface area contributed by atoms with E-state index in [4.69, 9.17) is 13.9 Å². The van der Waals surface area contributed by atoms with Gasteiger partial charge < -0.3 is 13.9 Å². The van der Waals surface area contributed by atoms with Crippen LogP contribution in [0.25, 0.3) is 11.0 Å². The summed E-state index contributed by atoms with van der Waals surface area (Å²) in [4.78, 5) is 11.6. The molecule has 1 aromatic heterocycles. The Labute approximate surface area is 176 Å². The first-order chi connectivity index (χ1) is 14.6. The van der Waals surface area contributed by atoms with Crippen molar-refractivity contribution < 1.29 is 36.2 Å². The Kier molecular flexibility index (Phi) is 6.57. The van der Waals surface area contributed by atoms with Crippen molar-refractivity contribution >= 4 is 16.9 Å². The number of ether oxygens (including phenoxy) is 2. The van der Waals surface area contributed by atoms with Crippen LogP contribution in [-0.2, 0) is 28.7 Å². The molecule has 4 nitrogen and oxygen atoms in total. The number of aryl methyl sites for hydroxylation is 1. The van der Waals surface area contributed by atoms with Crippen LogP contribution in [0.2, 0.25) is 0 Å². The summed E-state index contributed by atoms with van der Waals surface area (Å²) in [5.74, 6) is -1.63. The van der Waals surface area contributed by atoms with Gasteiger partial charge in [-0.25, -0.2) is 4.39 Å². The highest BCUT2D eigenvalue weighted by atomic mass is 19.4. The fourth-order valence-corrected chi connectivity index (χ4v) is 3.34. The van der Waals surface area contributed by atoms with Crippen LogP contribution in [-0.4, -0.2) is 12.6 Å². The van der Waals surface area contributed by atoms with Gasteiger partial charge in [0.05, 0.1) is 6.61 Å². The van der Waals surface area contributed by atoms with Gasteiger partial charge in [0.25, 0.3) is 0 Å². The molecule has 0 saturated heterocycles. The number of carbonyl (C=O) groups is 1. The maximum absolute atomic E-state index is 13.9. The number of halogens is 4. The van der Waals surface area contributed by atoms with Crippen molar-refractivity contribution in [1.82, 2.24) is 0 Å². The van der Waals surface area contributed by atoms with Crippen molar-refractivity contribution in [3.8, 4) is 5.75 Å². The summed E-state index contributed by atoms with van der Waals surface area (Å²) in [6.07, 6.45) is -3.89. The molecule has 2 aromatic carbocycles. The highest BCUT2D eigenvalue weighted by molar-refractivity contribution is 5.81. The second kappa shape index (κ2) is 8.99. The lowest BCUT2D eigenvalue weighted by atomic mass is 9.99. The van der Waals surface area contributed by atoms with Crippen LogP contribution < -0.4 is 4.74 Å². The predicted molar refractivity (Wildman–Crippen MR) is 106 cm³/mol. The van der Waals surface area contributed by atoms with E-state index in [0.717, 1.165) is 34.9 Å². The van der Waals surface area contributed by atoms with Crippen LogP contribution >= 0.6 is 0 Å². The Balaban J connectivity index is 1.79. The average molecular weight is 438 g/mol. The lowest BCUT2D eigenvalue weighted by molar-refractivity contribution is -0.152. The van der Waals surface area contributed by atoms with Gasteiger partial charge in [0, 0.05) is 17.4 Å². The quantitative estimate of drug-likeness (QED) is 0.322. The summed E-state index contributed by atoms with van der Waals surface area (Å²) in [7, 11) is 0. The largest absolute Gasteiger partial charge is 0.488 e. The van der Waals surface area contributed by atoms with E-state index in [0.29, 0.717) is 18.8 Å². The molecular weight excluding hydrogens is 416 g/mol. The van der Waals surface area contributed by atoms with E-state index in [1.165, 1.54) is 0 Å². The maximum atomic E-state index is 13.9. The van der Waals surface area contributed by atoms with Crippen LogP contribution in [0.4, 0.5) is 17.6 Å². The van der Waals surface area contributed by atoms with Crippen LogP contribution in [0.1, 0.15) is 41.4 Å². The van der Waals surface area contributed by atoms with E-state index in [-0.39, 0.29) is 35.5 Å². The van der Waals surface area contributed by atoms with Crippen LogP contribution in [0.3, 0.4) is 0 Å². The van der Waals surface area contributed by atoms with Crippen molar-refractivity contribution in [3.63, 3.8) is 0 Å². The summed E-state index contributed by atoms with van der Waals surface area (Å²) in [6.45, 7) is 5.65. The number of esters is 1. The van der Waals surface area contributed by atoms with Crippen LogP contribution in [0, 0.1) is 19.7 Å². The molecule has 3 aromatic rings. The average Bonchev–Trinajstić information content (AvgIpc) is 3.13. The second-order valence-corrected chi connectivity index (χ2v) is 7.16. The zero-order chi connectivity index (χ0) is 22.8. The topological polar surface area (TPSA) is 48.7 Å². The SMILES string of the molecule is CCOC(=O)CCc1ccc(OCc2cc(F)cc3cc(C(F)(F)F)oc23)c(C)c1C. The third-order valence-electron chi connectivity index (χ3n) is 5.07. The molecule has 166 valence electrons. The molecule has 8 heteroatoms. The second-order valence-electron chi connectivity index (χ2n) is 7.16. The third-order valence-corrected chi connectivity index (χ3v) is 5.07. The molecule has 0 unspecified atom stereocenters. The van der Waals surface area contributed by atoms with E-state index >= 15 is 0 Å². The Bertz CT molecular complexity index is 1100. The molecule has 0 radical (unpaired) electrons. The number of carbonyl (C=O) groups excluding carboxylic acids is 1. The molecule has 0 aliphatic heterocycles. The normalized spacial score (nSPS) is 11.7. The van der Waals surface area contributed by atoms with Crippen molar-refractivity contribution in [2.24, 2.45) is 0 Å². The number of fused-ring (bicyclic) bond motifs is 1.